The average Bonchev–Trinajstić information content (AvgIpc) is 2.43. The molecule has 1 N–H and O–H groups in total. The standard InChI is InChI=1S/C8H6BrN3O2/c1-12-3-4(8(13)14)6-7(12)10-2-5(9)11-6/h2-3H,1H3,(H,13,14). The van der Waals surface area contributed by atoms with Gasteiger partial charge in [-0.3, -0.25) is 0 Å². The first-order valence-corrected chi connectivity index (χ1v) is 4.60. The SMILES string of the molecule is Cn1cc(C(=O)O)c2nc(Br)cnc21. The number of hydrogen-bond donors (Lipinski definition) is 1. The van der Waals surface area contributed by atoms with E-state index in [1.165, 1.54) is 12.4 Å². The van der Waals surface area contributed by atoms with Crippen LogP contribution in [0.25, 0.3) is 11.2 Å². The van der Waals surface area contributed by atoms with E-state index in [1.807, 2.05) is 0 Å². The molecule has 0 aromatic carbocycles. The van der Waals surface area contributed by atoms with Gasteiger partial charge in [0.05, 0.1) is 6.20 Å². The Bertz CT molecular complexity index is 521. The molecule has 5 nitrogen and oxygen atoms in total. The van der Waals surface area contributed by atoms with Crippen molar-refractivity contribution in [3.05, 3.63) is 22.6 Å². The molecular weight excluding hydrogens is 250 g/mol. The minimum atomic E-state index is -0.997. The van der Waals surface area contributed by atoms with E-state index < -0.39 is 5.97 Å². The number of nitrogens with zero attached hydrogens (tertiary/aromatic N) is 3. The van der Waals surface area contributed by atoms with Crippen molar-refractivity contribution in [1.82, 2.24) is 14.5 Å². The van der Waals surface area contributed by atoms with E-state index in [0.717, 1.165) is 0 Å². The Morgan fingerprint density at radius 1 is 1.64 bits per heavy atom. The molecule has 0 amide bonds. The summed E-state index contributed by atoms with van der Waals surface area (Å²) in [6, 6.07) is 0. The van der Waals surface area contributed by atoms with Crippen LogP contribution in [0.5, 0.6) is 0 Å². The lowest BCUT2D eigenvalue weighted by Crippen LogP contribution is -1.95. The summed E-state index contributed by atoms with van der Waals surface area (Å²) in [6.45, 7) is 0. The molecule has 0 radical (unpaired) electrons. The van der Waals surface area contributed by atoms with Crippen molar-refractivity contribution in [3.63, 3.8) is 0 Å². The largest absolute Gasteiger partial charge is 0.478 e. The van der Waals surface area contributed by atoms with Gasteiger partial charge in [0.2, 0.25) is 0 Å². The monoisotopic (exact) mass is 255 g/mol. The van der Waals surface area contributed by atoms with Crippen LogP contribution >= 0.6 is 15.9 Å². The highest BCUT2D eigenvalue weighted by Crippen LogP contribution is 2.18. The van der Waals surface area contributed by atoms with E-state index >= 15 is 0 Å². The van der Waals surface area contributed by atoms with Crippen molar-refractivity contribution in [2.75, 3.05) is 0 Å². The average molecular weight is 256 g/mol. The third-order valence-corrected chi connectivity index (χ3v) is 2.25. The van der Waals surface area contributed by atoms with Crippen LogP contribution in [0, 0.1) is 0 Å². The summed E-state index contributed by atoms with van der Waals surface area (Å²) in [5.74, 6) is -0.997. The zero-order chi connectivity index (χ0) is 10.3. The fraction of sp³-hybridized carbons (Fsp3) is 0.125. The van der Waals surface area contributed by atoms with Gasteiger partial charge in [-0.05, 0) is 15.9 Å². The Hall–Kier alpha value is -1.43. The van der Waals surface area contributed by atoms with Gasteiger partial charge in [-0.1, -0.05) is 0 Å². The molecule has 0 aliphatic heterocycles. The molecular formula is C8H6BrN3O2. The minimum Gasteiger partial charge on any atom is -0.478 e. The zero-order valence-corrected chi connectivity index (χ0v) is 8.82. The zero-order valence-electron chi connectivity index (χ0n) is 7.23. The van der Waals surface area contributed by atoms with E-state index in [9.17, 15) is 4.79 Å². The van der Waals surface area contributed by atoms with Crippen molar-refractivity contribution in [1.29, 1.82) is 0 Å². The minimum absolute atomic E-state index is 0.163. The normalized spacial score (nSPS) is 10.7. The number of carbonyl (C=O) groups is 1. The number of halogens is 1. The lowest BCUT2D eigenvalue weighted by Gasteiger charge is -1.93. The molecule has 0 bridgehead atoms. The Morgan fingerprint density at radius 3 is 3.00 bits per heavy atom. The molecule has 0 unspecified atom stereocenters. The van der Waals surface area contributed by atoms with Crippen LogP contribution in [-0.4, -0.2) is 25.6 Å². The number of aromatic carboxylic acids is 1. The summed E-state index contributed by atoms with van der Waals surface area (Å²) < 4.78 is 2.16. The number of carboxylic acid groups (broad SMARTS) is 1. The molecule has 0 aliphatic rings. The summed E-state index contributed by atoms with van der Waals surface area (Å²) in [5, 5.41) is 8.89. The van der Waals surface area contributed by atoms with Gasteiger partial charge >= 0.3 is 5.97 Å². The second-order valence-corrected chi connectivity index (χ2v) is 3.64. The second-order valence-electron chi connectivity index (χ2n) is 2.82. The molecule has 0 spiro atoms. The number of aryl methyl sites for hydroxylation is 1. The van der Waals surface area contributed by atoms with E-state index in [0.29, 0.717) is 15.8 Å². The second kappa shape index (κ2) is 3.06. The highest BCUT2D eigenvalue weighted by molar-refractivity contribution is 9.10. The van der Waals surface area contributed by atoms with Crippen molar-refractivity contribution in [2.24, 2.45) is 7.05 Å². The summed E-state index contributed by atoms with van der Waals surface area (Å²) in [6.07, 6.45) is 3.04. The van der Waals surface area contributed by atoms with Gasteiger partial charge in [-0.2, -0.15) is 0 Å². The predicted octanol–water partition coefficient (Wildman–Crippen LogP) is 1.43. The lowest BCUT2D eigenvalue weighted by molar-refractivity contribution is 0.0698. The van der Waals surface area contributed by atoms with Crippen molar-refractivity contribution in [2.45, 2.75) is 0 Å². The lowest BCUT2D eigenvalue weighted by atomic mass is 10.3. The van der Waals surface area contributed by atoms with Crippen molar-refractivity contribution >= 4 is 33.1 Å². The van der Waals surface area contributed by atoms with Gasteiger partial charge in [-0.25, -0.2) is 14.8 Å². The van der Waals surface area contributed by atoms with Crippen molar-refractivity contribution < 1.29 is 9.90 Å². The molecule has 2 aromatic rings. The Labute approximate surface area is 87.5 Å². The van der Waals surface area contributed by atoms with Gasteiger partial charge in [0, 0.05) is 13.2 Å². The fourth-order valence-electron chi connectivity index (χ4n) is 1.27. The maximum absolute atomic E-state index is 10.8. The van der Waals surface area contributed by atoms with E-state index in [2.05, 4.69) is 25.9 Å². The van der Waals surface area contributed by atoms with E-state index in [-0.39, 0.29) is 5.56 Å². The summed E-state index contributed by atoms with van der Waals surface area (Å²) in [7, 11) is 1.73. The first-order valence-electron chi connectivity index (χ1n) is 3.80. The summed E-state index contributed by atoms with van der Waals surface area (Å²) in [4.78, 5) is 19.0. The van der Waals surface area contributed by atoms with Crippen LogP contribution in [0.15, 0.2) is 17.0 Å². The van der Waals surface area contributed by atoms with Gasteiger partial charge in [0.1, 0.15) is 15.7 Å². The van der Waals surface area contributed by atoms with Crippen LogP contribution in [0.1, 0.15) is 10.4 Å². The van der Waals surface area contributed by atoms with Crippen LogP contribution in [0.2, 0.25) is 0 Å². The summed E-state index contributed by atoms with van der Waals surface area (Å²) in [5.41, 5.74) is 1.12. The van der Waals surface area contributed by atoms with E-state index in [1.54, 1.807) is 11.6 Å². The van der Waals surface area contributed by atoms with E-state index in [4.69, 9.17) is 5.11 Å². The summed E-state index contributed by atoms with van der Waals surface area (Å²) >= 11 is 3.15. The first-order chi connectivity index (χ1) is 6.59. The third kappa shape index (κ3) is 1.27. The molecule has 2 aromatic heterocycles. The fourth-order valence-corrected chi connectivity index (χ4v) is 1.55. The number of rotatable bonds is 1. The molecule has 6 heteroatoms. The maximum Gasteiger partial charge on any atom is 0.339 e. The molecule has 0 atom stereocenters. The number of carboxylic acids is 1. The molecule has 72 valence electrons. The third-order valence-electron chi connectivity index (χ3n) is 1.87. The molecule has 0 saturated carbocycles. The van der Waals surface area contributed by atoms with Crippen LogP contribution in [0.3, 0.4) is 0 Å². The highest BCUT2D eigenvalue weighted by Gasteiger charge is 2.14. The number of aromatic nitrogens is 3. The molecule has 0 fully saturated rings. The van der Waals surface area contributed by atoms with Crippen LogP contribution in [0.4, 0.5) is 0 Å². The Kier molecular flexibility index (Phi) is 1.99. The van der Waals surface area contributed by atoms with Gasteiger partial charge in [-0.15, -0.1) is 0 Å². The van der Waals surface area contributed by atoms with Crippen LogP contribution < -0.4 is 0 Å². The number of fused-ring (bicyclic) bond motifs is 1. The van der Waals surface area contributed by atoms with Gasteiger partial charge in [0.25, 0.3) is 0 Å². The predicted molar refractivity (Wildman–Crippen MR) is 53.2 cm³/mol. The maximum atomic E-state index is 10.8. The smallest absolute Gasteiger partial charge is 0.339 e. The first kappa shape index (κ1) is 9.14. The van der Waals surface area contributed by atoms with Gasteiger partial charge < -0.3 is 9.67 Å². The van der Waals surface area contributed by atoms with Crippen LogP contribution in [-0.2, 0) is 7.05 Å². The molecule has 2 rings (SSSR count). The number of hydrogen-bond acceptors (Lipinski definition) is 3. The molecule has 0 aliphatic carbocycles. The highest BCUT2D eigenvalue weighted by atomic mass is 79.9. The molecule has 14 heavy (non-hydrogen) atoms. The topological polar surface area (TPSA) is 68.0 Å². The van der Waals surface area contributed by atoms with Gasteiger partial charge in [0.15, 0.2) is 5.65 Å². The van der Waals surface area contributed by atoms with Crippen molar-refractivity contribution in [3.8, 4) is 0 Å². The quantitative estimate of drug-likeness (QED) is 0.837. The Morgan fingerprint density at radius 2 is 2.36 bits per heavy atom. The molecule has 2 heterocycles. The molecule has 0 saturated heterocycles. The Balaban J connectivity index is 2.85.